The van der Waals surface area contributed by atoms with Crippen LogP contribution in [0.5, 0.6) is 0 Å². The fraction of sp³-hybridized carbons (Fsp3) is 0.136. The van der Waals surface area contributed by atoms with Crippen molar-refractivity contribution in [2.75, 3.05) is 10.6 Å². The van der Waals surface area contributed by atoms with Gasteiger partial charge in [-0.2, -0.15) is 5.26 Å². The molecular formula is C22H16FN3O2S. The third-order valence-electron chi connectivity index (χ3n) is 4.95. The van der Waals surface area contributed by atoms with Crippen molar-refractivity contribution >= 4 is 33.8 Å². The zero-order valence-electron chi connectivity index (χ0n) is 15.5. The highest BCUT2D eigenvalue weighted by atomic mass is 32.1. The van der Waals surface area contributed by atoms with E-state index in [1.807, 2.05) is 19.1 Å². The molecule has 29 heavy (non-hydrogen) atoms. The van der Waals surface area contributed by atoms with E-state index in [-0.39, 0.29) is 23.9 Å². The van der Waals surface area contributed by atoms with Gasteiger partial charge in [0.1, 0.15) is 5.82 Å². The minimum absolute atomic E-state index is 0.107. The summed E-state index contributed by atoms with van der Waals surface area (Å²) in [7, 11) is 0. The first-order chi connectivity index (χ1) is 14.0. The first-order valence-electron chi connectivity index (χ1n) is 8.97. The van der Waals surface area contributed by atoms with Crippen LogP contribution in [0.15, 0.2) is 48.5 Å². The second-order valence-corrected chi connectivity index (χ2v) is 7.79. The number of nitrogens with one attached hydrogen (secondary N) is 2. The maximum absolute atomic E-state index is 13.9. The number of amides is 2. The molecule has 0 aliphatic carbocycles. The van der Waals surface area contributed by atoms with Crippen LogP contribution in [0.1, 0.15) is 44.3 Å². The molecule has 2 heterocycles. The van der Waals surface area contributed by atoms with E-state index in [2.05, 4.69) is 16.7 Å². The van der Waals surface area contributed by atoms with Gasteiger partial charge in [-0.25, -0.2) is 4.39 Å². The Hall–Kier alpha value is -3.50. The second kappa shape index (κ2) is 7.49. The van der Waals surface area contributed by atoms with E-state index in [0.29, 0.717) is 15.4 Å². The molecule has 4 rings (SSSR count). The lowest BCUT2D eigenvalue weighted by molar-refractivity contribution is -0.116. The number of hydrogen-bond acceptors (Lipinski definition) is 4. The van der Waals surface area contributed by atoms with Crippen LogP contribution in [0.4, 0.5) is 15.1 Å². The van der Waals surface area contributed by atoms with Gasteiger partial charge in [0.25, 0.3) is 5.91 Å². The molecule has 1 aromatic heterocycles. The number of benzene rings is 2. The molecule has 0 spiro atoms. The van der Waals surface area contributed by atoms with Gasteiger partial charge in [-0.1, -0.05) is 24.3 Å². The molecule has 2 N–H and O–H groups in total. The number of thiophene rings is 1. The van der Waals surface area contributed by atoms with E-state index in [0.717, 1.165) is 16.7 Å². The average molecular weight is 405 g/mol. The molecule has 3 aromatic rings. The number of nitriles is 1. The van der Waals surface area contributed by atoms with E-state index >= 15 is 0 Å². The van der Waals surface area contributed by atoms with Gasteiger partial charge in [0.2, 0.25) is 5.91 Å². The average Bonchev–Trinajstić information content (AvgIpc) is 3.05. The zero-order valence-corrected chi connectivity index (χ0v) is 16.3. The van der Waals surface area contributed by atoms with Crippen LogP contribution in [0.25, 0.3) is 0 Å². The van der Waals surface area contributed by atoms with Crippen molar-refractivity contribution in [3.05, 3.63) is 81.5 Å². The van der Waals surface area contributed by atoms with E-state index in [9.17, 15) is 14.0 Å². The summed E-state index contributed by atoms with van der Waals surface area (Å²) in [6.07, 6.45) is 0.255. The smallest absolute Gasteiger partial charge is 0.266 e. The minimum atomic E-state index is -0.511. The molecular weight excluding hydrogens is 389 g/mol. The quantitative estimate of drug-likeness (QED) is 0.657. The molecule has 1 aliphatic heterocycles. The van der Waals surface area contributed by atoms with E-state index in [1.165, 1.54) is 23.5 Å². The second-order valence-electron chi connectivity index (χ2n) is 6.77. The monoisotopic (exact) mass is 405 g/mol. The Morgan fingerprint density at radius 2 is 1.97 bits per heavy atom. The Morgan fingerprint density at radius 1 is 1.24 bits per heavy atom. The van der Waals surface area contributed by atoms with Gasteiger partial charge in [0.05, 0.1) is 27.2 Å². The Kier molecular flexibility index (Phi) is 4.87. The SMILES string of the molecule is Cc1c(C(=O)Nc2ccccc2F)sc2c1[C@@H](c1ccc(C#N)cc1)CC(=O)N2. The number of hydrogen-bond donors (Lipinski definition) is 2. The van der Waals surface area contributed by atoms with Crippen molar-refractivity contribution in [2.45, 2.75) is 19.3 Å². The van der Waals surface area contributed by atoms with Gasteiger partial charge in [-0.3, -0.25) is 9.59 Å². The number of fused-ring (bicyclic) bond motifs is 1. The third-order valence-corrected chi connectivity index (χ3v) is 6.18. The molecule has 0 unspecified atom stereocenters. The molecule has 0 saturated carbocycles. The van der Waals surface area contributed by atoms with E-state index in [4.69, 9.17) is 5.26 Å². The normalized spacial score (nSPS) is 15.2. The lowest BCUT2D eigenvalue weighted by Gasteiger charge is -2.24. The van der Waals surface area contributed by atoms with Gasteiger partial charge < -0.3 is 10.6 Å². The Labute approximate surface area is 170 Å². The van der Waals surface area contributed by atoms with Crippen molar-refractivity contribution in [1.82, 2.24) is 0 Å². The topological polar surface area (TPSA) is 82.0 Å². The van der Waals surface area contributed by atoms with Crippen molar-refractivity contribution in [1.29, 1.82) is 5.26 Å². The van der Waals surface area contributed by atoms with Gasteiger partial charge in [0, 0.05) is 12.3 Å². The van der Waals surface area contributed by atoms with Crippen LogP contribution < -0.4 is 10.6 Å². The Bertz CT molecular complexity index is 1160. The number of halogens is 1. The van der Waals surface area contributed by atoms with Crippen molar-refractivity contribution in [3.63, 3.8) is 0 Å². The molecule has 0 saturated heterocycles. The summed E-state index contributed by atoms with van der Waals surface area (Å²) >= 11 is 1.19. The summed E-state index contributed by atoms with van der Waals surface area (Å²) in [6, 6.07) is 15.2. The lowest BCUT2D eigenvalue weighted by atomic mass is 9.84. The van der Waals surface area contributed by atoms with Crippen LogP contribution >= 0.6 is 11.3 Å². The van der Waals surface area contributed by atoms with Crippen LogP contribution in [0.2, 0.25) is 0 Å². The van der Waals surface area contributed by atoms with Crippen LogP contribution in [0.3, 0.4) is 0 Å². The summed E-state index contributed by atoms with van der Waals surface area (Å²) in [6.45, 7) is 1.83. The molecule has 7 heteroatoms. The summed E-state index contributed by atoms with van der Waals surface area (Å²) in [5, 5.41) is 15.1. The molecule has 2 aromatic carbocycles. The molecule has 1 atom stereocenters. The summed E-state index contributed by atoms with van der Waals surface area (Å²) in [4.78, 5) is 25.5. The summed E-state index contributed by atoms with van der Waals surface area (Å²) in [5.74, 6) is -1.27. The fourth-order valence-corrected chi connectivity index (χ4v) is 4.72. The number of anilines is 2. The fourth-order valence-electron chi connectivity index (χ4n) is 3.54. The minimum Gasteiger partial charge on any atom is -0.319 e. The first kappa shape index (κ1) is 18.8. The Morgan fingerprint density at radius 3 is 2.66 bits per heavy atom. The molecule has 2 amide bonds. The van der Waals surface area contributed by atoms with Crippen LogP contribution in [0, 0.1) is 24.1 Å². The number of carbonyl (C=O) groups is 2. The zero-order chi connectivity index (χ0) is 20.5. The van der Waals surface area contributed by atoms with Crippen LogP contribution in [-0.4, -0.2) is 11.8 Å². The highest BCUT2D eigenvalue weighted by Crippen LogP contribution is 2.45. The largest absolute Gasteiger partial charge is 0.319 e. The van der Waals surface area contributed by atoms with Gasteiger partial charge in [-0.05, 0) is 47.9 Å². The van der Waals surface area contributed by atoms with Crippen LogP contribution in [-0.2, 0) is 4.79 Å². The number of carbonyl (C=O) groups excluding carboxylic acids is 2. The molecule has 0 radical (unpaired) electrons. The predicted molar refractivity (Wildman–Crippen MR) is 110 cm³/mol. The maximum atomic E-state index is 13.9. The van der Waals surface area contributed by atoms with E-state index in [1.54, 1.807) is 24.3 Å². The molecule has 1 aliphatic rings. The lowest BCUT2D eigenvalue weighted by Crippen LogP contribution is -2.22. The summed E-state index contributed by atoms with van der Waals surface area (Å²) < 4.78 is 13.9. The van der Waals surface area contributed by atoms with Gasteiger partial charge in [0.15, 0.2) is 0 Å². The van der Waals surface area contributed by atoms with Crippen molar-refractivity contribution in [3.8, 4) is 6.07 Å². The highest BCUT2D eigenvalue weighted by molar-refractivity contribution is 7.18. The summed E-state index contributed by atoms with van der Waals surface area (Å²) in [5.41, 5.74) is 3.20. The third kappa shape index (κ3) is 3.50. The molecule has 5 nitrogen and oxygen atoms in total. The van der Waals surface area contributed by atoms with Gasteiger partial charge >= 0.3 is 0 Å². The molecule has 0 fully saturated rings. The number of rotatable bonds is 3. The highest BCUT2D eigenvalue weighted by Gasteiger charge is 2.33. The van der Waals surface area contributed by atoms with Crippen molar-refractivity contribution in [2.24, 2.45) is 0 Å². The maximum Gasteiger partial charge on any atom is 0.266 e. The first-order valence-corrected chi connectivity index (χ1v) is 9.78. The van der Waals surface area contributed by atoms with Crippen molar-refractivity contribution < 1.29 is 14.0 Å². The Balaban J connectivity index is 1.71. The number of nitrogens with zero attached hydrogens (tertiary/aromatic N) is 1. The number of para-hydroxylation sites is 1. The standard InChI is InChI=1S/C22H16FN3O2S/c1-12-19-15(14-8-6-13(11-24)7-9-14)10-18(27)26-22(19)29-20(12)21(28)25-17-5-3-2-4-16(17)23/h2-9,15H,10H2,1H3,(H,25,28)(H,26,27)/t15-/m1/s1. The van der Waals surface area contributed by atoms with Gasteiger partial charge in [-0.15, -0.1) is 11.3 Å². The molecule has 144 valence electrons. The van der Waals surface area contributed by atoms with E-state index < -0.39 is 11.7 Å². The molecule has 0 bridgehead atoms. The predicted octanol–water partition coefficient (Wildman–Crippen LogP) is 4.79.